The van der Waals surface area contributed by atoms with Crippen molar-refractivity contribution >= 4 is 40.0 Å². The Bertz CT molecular complexity index is 1150. The Morgan fingerprint density at radius 2 is 2.21 bits per heavy atom. The molecule has 4 heterocycles. The third-order valence-corrected chi connectivity index (χ3v) is 7.60. The highest BCUT2D eigenvalue weighted by Gasteiger charge is 2.24. The summed E-state index contributed by atoms with van der Waals surface area (Å²) in [6, 6.07) is 3.65. The molecule has 0 spiro atoms. The molecule has 3 aromatic rings. The zero-order valence-electron chi connectivity index (χ0n) is 19.5. The van der Waals surface area contributed by atoms with Gasteiger partial charge in [-0.05, 0) is 45.2 Å². The molecule has 182 valence electrons. The lowest BCUT2D eigenvalue weighted by Gasteiger charge is -2.14. The van der Waals surface area contributed by atoms with Gasteiger partial charge < -0.3 is 19.2 Å². The molecule has 1 aliphatic rings. The van der Waals surface area contributed by atoms with E-state index >= 15 is 0 Å². The molecule has 0 saturated carbocycles. The molecule has 1 N–H and O–H groups in total. The van der Waals surface area contributed by atoms with E-state index in [0.717, 1.165) is 42.1 Å². The number of hydrogen-bond acceptors (Lipinski definition) is 9. The average molecular weight is 505 g/mol. The third-order valence-electron chi connectivity index (χ3n) is 5.44. The Labute approximate surface area is 206 Å². The van der Waals surface area contributed by atoms with E-state index in [0.29, 0.717) is 28.1 Å². The predicted molar refractivity (Wildman–Crippen MR) is 130 cm³/mol. The maximum Gasteiger partial charge on any atom is 0.341 e. The van der Waals surface area contributed by atoms with Crippen molar-refractivity contribution in [1.29, 1.82) is 0 Å². The Morgan fingerprint density at radius 3 is 2.88 bits per heavy atom. The van der Waals surface area contributed by atoms with Gasteiger partial charge in [0.2, 0.25) is 5.91 Å². The predicted octanol–water partition coefficient (Wildman–Crippen LogP) is 4.56. The number of furan rings is 1. The van der Waals surface area contributed by atoms with E-state index in [2.05, 4.69) is 15.5 Å². The van der Waals surface area contributed by atoms with Crippen LogP contribution in [0.15, 0.2) is 28.0 Å². The quantitative estimate of drug-likeness (QED) is 0.316. The summed E-state index contributed by atoms with van der Waals surface area (Å²) in [5.74, 6) is 0.909. The largest absolute Gasteiger partial charge is 0.469 e. The average Bonchev–Trinajstić information content (AvgIpc) is 3.61. The molecule has 4 rings (SSSR count). The number of aromatic nitrogens is 3. The molecule has 9 nitrogen and oxygen atoms in total. The molecule has 0 aromatic carbocycles. The minimum Gasteiger partial charge on any atom is -0.469 e. The van der Waals surface area contributed by atoms with Gasteiger partial charge in [0, 0.05) is 11.5 Å². The number of thiophene rings is 1. The van der Waals surface area contributed by atoms with Crippen LogP contribution in [0.25, 0.3) is 11.4 Å². The van der Waals surface area contributed by atoms with Gasteiger partial charge in [0.15, 0.2) is 11.0 Å². The number of ether oxygens (including phenoxy) is 2. The van der Waals surface area contributed by atoms with E-state index in [1.54, 1.807) is 19.3 Å². The number of thioether (sulfide) groups is 1. The molecule has 3 aromatic heterocycles. The van der Waals surface area contributed by atoms with Crippen molar-refractivity contribution in [1.82, 2.24) is 14.8 Å². The van der Waals surface area contributed by atoms with Crippen LogP contribution in [0.4, 0.5) is 5.00 Å². The Kier molecular flexibility index (Phi) is 8.07. The first kappa shape index (κ1) is 24.5. The third kappa shape index (κ3) is 5.53. The number of aryl methyl sites for hydroxylation is 2. The lowest BCUT2D eigenvalue weighted by Crippen LogP contribution is -2.18. The van der Waals surface area contributed by atoms with E-state index in [4.69, 9.17) is 13.9 Å². The first-order valence-electron chi connectivity index (χ1n) is 11.3. The number of carbonyl (C=O) groups is 2. The molecule has 1 saturated heterocycles. The highest BCUT2D eigenvalue weighted by atomic mass is 32.2. The fourth-order valence-corrected chi connectivity index (χ4v) is 5.48. The normalized spacial score (nSPS) is 15.6. The van der Waals surface area contributed by atoms with E-state index in [1.165, 1.54) is 23.1 Å². The number of nitrogens with one attached hydrogen (secondary N) is 1. The summed E-state index contributed by atoms with van der Waals surface area (Å²) >= 11 is 2.69. The standard InChI is InChI=1S/C23H28N4O5S2/c1-4-16-11-18(22(29)30-5-2)21(34-16)24-19(28)13-33-23-26-25-20(17-8-10-31-14(17)3)27(23)12-15-7-6-9-32-15/h8,10-11,15H,4-7,9,12-13H2,1-3H3,(H,24,28). The van der Waals surface area contributed by atoms with Crippen LogP contribution in [0.1, 0.15) is 47.7 Å². The van der Waals surface area contributed by atoms with Crippen LogP contribution >= 0.6 is 23.1 Å². The van der Waals surface area contributed by atoms with Gasteiger partial charge in [0.05, 0.1) is 42.4 Å². The maximum atomic E-state index is 12.8. The van der Waals surface area contributed by atoms with Crippen LogP contribution in [-0.4, -0.2) is 51.7 Å². The molecule has 0 radical (unpaired) electrons. The van der Waals surface area contributed by atoms with Crippen LogP contribution in [0, 0.1) is 6.92 Å². The topological polar surface area (TPSA) is 108 Å². The van der Waals surface area contributed by atoms with Gasteiger partial charge in [-0.1, -0.05) is 18.7 Å². The number of nitrogens with zero attached hydrogens (tertiary/aromatic N) is 3. The summed E-state index contributed by atoms with van der Waals surface area (Å²) in [7, 11) is 0. The van der Waals surface area contributed by atoms with Gasteiger partial charge in [-0.15, -0.1) is 21.5 Å². The van der Waals surface area contributed by atoms with E-state index in [-0.39, 0.29) is 24.4 Å². The van der Waals surface area contributed by atoms with Crippen molar-refractivity contribution in [2.45, 2.75) is 57.8 Å². The molecular weight excluding hydrogens is 476 g/mol. The highest BCUT2D eigenvalue weighted by molar-refractivity contribution is 7.99. The summed E-state index contributed by atoms with van der Waals surface area (Å²) in [6.45, 7) is 7.27. The lowest BCUT2D eigenvalue weighted by atomic mass is 10.2. The van der Waals surface area contributed by atoms with Crippen LogP contribution in [0.2, 0.25) is 0 Å². The van der Waals surface area contributed by atoms with Crippen molar-refractivity contribution in [2.75, 3.05) is 24.3 Å². The summed E-state index contributed by atoms with van der Waals surface area (Å²) in [6.07, 6.45) is 4.48. The number of rotatable bonds is 10. The summed E-state index contributed by atoms with van der Waals surface area (Å²) in [5.41, 5.74) is 1.26. The summed E-state index contributed by atoms with van der Waals surface area (Å²) < 4.78 is 18.4. The number of carbonyl (C=O) groups excluding carboxylic acids is 2. The van der Waals surface area contributed by atoms with Crippen LogP contribution in [-0.2, 0) is 27.2 Å². The van der Waals surface area contributed by atoms with Crippen molar-refractivity contribution in [2.24, 2.45) is 0 Å². The molecule has 0 bridgehead atoms. The van der Waals surface area contributed by atoms with Gasteiger partial charge in [-0.2, -0.15) is 0 Å². The van der Waals surface area contributed by atoms with Gasteiger partial charge in [-0.25, -0.2) is 4.79 Å². The zero-order valence-corrected chi connectivity index (χ0v) is 21.1. The van der Waals surface area contributed by atoms with Crippen LogP contribution < -0.4 is 5.32 Å². The summed E-state index contributed by atoms with van der Waals surface area (Å²) in [4.78, 5) is 26.1. The molecule has 1 aliphatic heterocycles. The monoisotopic (exact) mass is 504 g/mol. The molecule has 0 aliphatic carbocycles. The second-order valence-electron chi connectivity index (χ2n) is 7.81. The number of anilines is 1. The summed E-state index contributed by atoms with van der Waals surface area (Å²) in [5, 5.41) is 12.7. The molecule has 1 atom stereocenters. The molecule has 1 amide bonds. The number of amides is 1. The van der Waals surface area contributed by atoms with Crippen molar-refractivity contribution < 1.29 is 23.5 Å². The Balaban J connectivity index is 1.49. The highest BCUT2D eigenvalue weighted by Crippen LogP contribution is 2.31. The number of esters is 1. The van der Waals surface area contributed by atoms with E-state index in [1.807, 2.05) is 24.5 Å². The Morgan fingerprint density at radius 1 is 1.35 bits per heavy atom. The van der Waals surface area contributed by atoms with E-state index in [9.17, 15) is 9.59 Å². The minimum atomic E-state index is -0.433. The fraction of sp³-hybridized carbons (Fsp3) is 0.478. The first-order valence-corrected chi connectivity index (χ1v) is 13.1. The molecule has 34 heavy (non-hydrogen) atoms. The number of hydrogen-bond donors (Lipinski definition) is 1. The molecule has 11 heteroatoms. The maximum absolute atomic E-state index is 12.8. The minimum absolute atomic E-state index is 0.0841. The van der Waals surface area contributed by atoms with Crippen molar-refractivity contribution in [3.05, 3.63) is 34.6 Å². The molecule has 1 fully saturated rings. The first-order chi connectivity index (χ1) is 16.5. The van der Waals surface area contributed by atoms with Gasteiger partial charge >= 0.3 is 5.97 Å². The second kappa shape index (κ2) is 11.2. The molecule has 1 unspecified atom stereocenters. The van der Waals surface area contributed by atoms with Gasteiger partial charge in [-0.3, -0.25) is 9.36 Å². The Hall–Kier alpha value is -2.63. The van der Waals surface area contributed by atoms with Crippen LogP contribution in [0.3, 0.4) is 0 Å². The SMILES string of the molecule is CCOC(=O)c1cc(CC)sc1NC(=O)CSc1nnc(-c2ccoc2C)n1CC1CCCO1. The smallest absolute Gasteiger partial charge is 0.341 e. The molecular formula is C23H28N4O5S2. The lowest BCUT2D eigenvalue weighted by molar-refractivity contribution is -0.113. The second-order valence-corrected chi connectivity index (χ2v) is 9.89. The fourth-order valence-electron chi connectivity index (χ4n) is 3.73. The van der Waals surface area contributed by atoms with Crippen LogP contribution in [0.5, 0.6) is 0 Å². The zero-order chi connectivity index (χ0) is 24.1. The van der Waals surface area contributed by atoms with Crippen molar-refractivity contribution in [3.63, 3.8) is 0 Å². The van der Waals surface area contributed by atoms with Crippen molar-refractivity contribution in [3.8, 4) is 11.4 Å². The van der Waals surface area contributed by atoms with Gasteiger partial charge in [0.25, 0.3) is 0 Å². The van der Waals surface area contributed by atoms with E-state index < -0.39 is 5.97 Å². The van der Waals surface area contributed by atoms with Gasteiger partial charge in [0.1, 0.15) is 10.8 Å².